The molecule has 0 unspecified atom stereocenters. The van der Waals surface area contributed by atoms with Gasteiger partial charge in [-0.1, -0.05) is 6.05 Å². The van der Waals surface area contributed by atoms with Crippen molar-refractivity contribution in [2.45, 2.75) is 71.6 Å². The summed E-state index contributed by atoms with van der Waals surface area (Å²) >= 11 is 0. The van der Waals surface area contributed by atoms with Crippen LogP contribution in [0.4, 0.5) is 4.79 Å². The van der Waals surface area contributed by atoms with Gasteiger partial charge in [0, 0.05) is 15.8 Å². The third kappa shape index (κ3) is 3.66. The minimum Gasteiger partial charge on any atom is -0.444 e. The zero-order valence-electron chi connectivity index (χ0n) is 17.6. The molecule has 6 heteroatoms. The minimum atomic E-state index is -1.94. The molecule has 0 spiro atoms. The van der Waals surface area contributed by atoms with Crippen molar-refractivity contribution < 1.29 is 23.0 Å². The number of nitrogens with zero attached hydrogens (tertiary/aromatic N) is 1. The second kappa shape index (κ2) is 5.57. The lowest BCUT2D eigenvalue weighted by atomic mass is 9.75. The smallest absolute Gasteiger partial charge is 0.444 e. The summed E-state index contributed by atoms with van der Waals surface area (Å²) in [5.74, 6) is 0. The molecule has 22 heavy (non-hydrogen) atoms. The summed E-state index contributed by atoms with van der Waals surface area (Å²) in [5.41, 5.74) is -1.78. The largest absolute Gasteiger partial charge is 0.490 e. The molecule has 5 nitrogen and oxygen atoms in total. The minimum absolute atomic E-state index is 0.0133. The number of carbonyl (C=O) groups excluding carboxylic acids is 1. The van der Waals surface area contributed by atoms with Crippen LogP contribution >= 0.6 is 0 Å². The fourth-order valence-electron chi connectivity index (χ4n) is 2.06. The predicted octanol–water partition coefficient (Wildman–Crippen LogP) is 3.19. The van der Waals surface area contributed by atoms with E-state index < -0.39 is 36.4 Å². The van der Waals surface area contributed by atoms with Crippen molar-refractivity contribution in [3.63, 3.8) is 0 Å². The standard InChI is InChI=1S/C16H28BNO4/c1-14(2,3)20-13(19)18-10-8-12(9-11-18)17-21-15(4,5)16(6,7)22-17/h8H,9-11H2,1-7H3/i8D,9D2. The van der Waals surface area contributed by atoms with Crippen molar-refractivity contribution in [3.8, 4) is 0 Å². The highest BCUT2D eigenvalue weighted by Gasteiger charge is 2.52. The van der Waals surface area contributed by atoms with E-state index in [4.69, 9.17) is 18.2 Å². The maximum absolute atomic E-state index is 12.2. The quantitative estimate of drug-likeness (QED) is 0.698. The van der Waals surface area contributed by atoms with Crippen LogP contribution in [-0.2, 0) is 14.0 Å². The monoisotopic (exact) mass is 312 g/mol. The van der Waals surface area contributed by atoms with Gasteiger partial charge in [0.05, 0.1) is 12.6 Å². The molecule has 0 aliphatic carbocycles. The van der Waals surface area contributed by atoms with Gasteiger partial charge in [0.2, 0.25) is 0 Å². The molecule has 2 heterocycles. The Hall–Kier alpha value is -1.01. The van der Waals surface area contributed by atoms with Crippen LogP contribution in [0.5, 0.6) is 0 Å². The third-order valence-corrected chi connectivity index (χ3v) is 4.06. The van der Waals surface area contributed by atoms with Gasteiger partial charge in [-0.25, -0.2) is 4.79 Å². The maximum atomic E-state index is 12.2. The lowest BCUT2D eigenvalue weighted by Crippen LogP contribution is -2.41. The summed E-state index contributed by atoms with van der Waals surface area (Å²) in [6.07, 6.45) is -2.57. The van der Waals surface area contributed by atoms with Crippen molar-refractivity contribution in [2.75, 3.05) is 13.1 Å². The van der Waals surface area contributed by atoms with Gasteiger partial charge in [0.15, 0.2) is 0 Å². The van der Waals surface area contributed by atoms with Crippen LogP contribution in [0.1, 0.15) is 59.0 Å². The highest BCUT2D eigenvalue weighted by Crippen LogP contribution is 2.39. The molecular formula is C16H28BNO4. The average molecular weight is 312 g/mol. The molecule has 0 aromatic heterocycles. The van der Waals surface area contributed by atoms with Crippen molar-refractivity contribution in [3.05, 3.63) is 11.5 Å². The third-order valence-electron chi connectivity index (χ3n) is 4.06. The first-order valence-corrected chi connectivity index (χ1v) is 7.59. The summed E-state index contributed by atoms with van der Waals surface area (Å²) in [5, 5.41) is 0. The Morgan fingerprint density at radius 1 is 1.36 bits per heavy atom. The van der Waals surface area contributed by atoms with Crippen molar-refractivity contribution >= 4 is 13.2 Å². The van der Waals surface area contributed by atoms with E-state index in [1.54, 1.807) is 20.8 Å². The number of carbonyl (C=O) groups is 1. The van der Waals surface area contributed by atoms with E-state index in [9.17, 15) is 4.79 Å². The Bertz CT molecular complexity index is 583. The summed E-state index contributed by atoms with van der Waals surface area (Å²) in [6.45, 7) is 12.5. The second-order valence-electron chi connectivity index (χ2n) is 7.69. The molecule has 0 saturated carbocycles. The Labute approximate surface area is 138 Å². The van der Waals surface area contributed by atoms with Crippen LogP contribution in [0.3, 0.4) is 0 Å². The SMILES string of the molecule is [2H]C1=C(B2OC(C)(C)C(C)(C)O2)C([2H])([2H])CN(C(=O)OC(C)(C)C)C1. The molecule has 0 atom stereocenters. The second-order valence-corrected chi connectivity index (χ2v) is 7.69. The van der Waals surface area contributed by atoms with Crippen LogP contribution in [0.2, 0.25) is 0 Å². The zero-order valence-corrected chi connectivity index (χ0v) is 14.6. The van der Waals surface area contributed by atoms with Crippen LogP contribution in [0.15, 0.2) is 11.5 Å². The Balaban J connectivity index is 2.26. The van der Waals surface area contributed by atoms with Crippen molar-refractivity contribution in [1.82, 2.24) is 4.90 Å². The number of hydrogen-bond donors (Lipinski definition) is 0. The highest BCUT2D eigenvalue weighted by atomic mass is 16.7. The van der Waals surface area contributed by atoms with E-state index in [0.717, 1.165) is 0 Å². The molecular weight excluding hydrogens is 281 g/mol. The molecule has 0 radical (unpaired) electrons. The van der Waals surface area contributed by atoms with Gasteiger partial charge in [-0.3, -0.25) is 0 Å². The predicted molar refractivity (Wildman–Crippen MR) is 86.6 cm³/mol. The normalized spacial score (nSPS) is 29.0. The molecule has 1 fully saturated rings. The number of amides is 1. The van der Waals surface area contributed by atoms with Crippen molar-refractivity contribution in [1.29, 1.82) is 0 Å². The lowest BCUT2D eigenvalue weighted by molar-refractivity contribution is 0.00578. The molecule has 0 aromatic rings. The Morgan fingerprint density at radius 2 is 1.91 bits per heavy atom. The first-order chi connectivity index (χ1) is 11.1. The van der Waals surface area contributed by atoms with Crippen LogP contribution in [-0.4, -0.2) is 48.0 Å². The lowest BCUT2D eigenvalue weighted by Gasteiger charge is -2.32. The fraction of sp³-hybridized carbons (Fsp3) is 0.812. The summed E-state index contributed by atoms with van der Waals surface area (Å²) in [7, 11) is -0.937. The molecule has 0 N–H and O–H groups in total. The van der Waals surface area contributed by atoms with Gasteiger partial charge < -0.3 is 18.9 Å². The summed E-state index contributed by atoms with van der Waals surface area (Å²) in [6, 6.07) is -0.0133. The van der Waals surface area contributed by atoms with Gasteiger partial charge in [0.1, 0.15) is 5.60 Å². The Morgan fingerprint density at radius 3 is 2.36 bits per heavy atom. The molecule has 2 aliphatic rings. The van der Waals surface area contributed by atoms with E-state index in [1.165, 1.54) is 4.90 Å². The molecule has 2 aliphatic heterocycles. The van der Waals surface area contributed by atoms with Crippen LogP contribution < -0.4 is 0 Å². The summed E-state index contributed by atoms with van der Waals surface area (Å²) < 4.78 is 42.2. The molecule has 124 valence electrons. The fourth-order valence-corrected chi connectivity index (χ4v) is 2.06. The first kappa shape index (κ1) is 13.4. The van der Waals surface area contributed by atoms with Gasteiger partial charge in [-0.05, 0) is 60.3 Å². The van der Waals surface area contributed by atoms with E-state index in [-0.39, 0.29) is 24.6 Å². The van der Waals surface area contributed by atoms with Crippen LogP contribution in [0, 0.1) is 0 Å². The van der Waals surface area contributed by atoms with Crippen LogP contribution in [0.25, 0.3) is 0 Å². The molecule has 1 amide bonds. The van der Waals surface area contributed by atoms with Gasteiger partial charge in [-0.15, -0.1) is 0 Å². The molecule has 0 aromatic carbocycles. The average Bonchev–Trinajstić information content (AvgIpc) is 2.53. The van der Waals surface area contributed by atoms with E-state index in [0.29, 0.717) is 0 Å². The maximum Gasteiger partial charge on any atom is 0.490 e. The number of hydrogen-bond acceptors (Lipinski definition) is 4. The first-order valence-electron chi connectivity index (χ1n) is 9.09. The van der Waals surface area contributed by atoms with E-state index in [1.807, 2.05) is 27.7 Å². The molecule has 2 rings (SSSR count). The highest BCUT2D eigenvalue weighted by molar-refractivity contribution is 6.54. The summed E-state index contributed by atoms with van der Waals surface area (Å²) in [4.78, 5) is 13.5. The van der Waals surface area contributed by atoms with Gasteiger partial charge in [0.25, 0.3) is 0 Å². The van der Waals surface area contributed by atoms with Crippen molar-refractivity contribution in [2.24, 2.45) is 0 Å². The van der Waals surface area contributed by atoms with Gasteiger partial charge >= 0.3 is 13.2 Å². The van der Waals surface area contributed by atoms with E-state index >= 15 is 0 Å². The molecule has 0 bridgehead atoms. The Kier molecular flexibility index (Phi) is 3.40. The van der Waals surface area contributed by atoms with E-state index in [2.05, 4.69) is 0 Å². The topological polar surface area (TPSA) is 48.0 Å². The number of ether oxygens (including phenoxy) is 1. The number of rotatable bonds is 1. The molecule has 1 saturated heterocycles. The van der Waals surface area contributed by atoms with Gasteiger partial charge in [-0.2, -0.15) is 0 Å². The zero-order chi connectivity index (χ0) is 19.4.